The highest BCUT2D eigenvalue weighted by atomic mass is 32.2. The van der Waals surface area contributed by atoms with Crippen molar-refractivity contribution in [3.8, 4) is 11.8 Å². The molecule has 0 atom stereocenters. The fourth-order valence-corrected chi connectivity index (χ4v) is 3.04. The molecule has 3 rings (SSSR count). The lowest BCUT2D eigenvalue weighted by atomic mass is 10.1. The Hall–Kier alpha value is -2.58. The van der Waals surface area contributed by atoms with Crippen molar-refractivity contribution >= 4 is 11.8 Å². The number of benzene rings is 2. The maximum Gasteiger partial charge on any atom is 0.196 e. The third-order valence-corrected chi connectivity index (χ3v) is 4.23. The summed E-state index contributed by atoms with van der Waals surface area (Å²) in [5.41, 5.74) is 3.39. The maximum atomic E-state index is 8.85. The van der Waals surface area contributed by atoms with E-state index in [1.54, 1.807) is 0 Å². The molecule has 0 saturated heterocycles. The highest BCUT2D eigenvalue weighted by Crippen LogP contribution is 2.23. The molecule has 1 heterocycles. The van der Waals surface area contributed by atoms with Gasteiger partial charge in [-0.15, -0.1) is 10.2 Å². The molecule has 0 aliphatic rings. The van der Waals surface area contributed by atoms with Crippen molar-refractivity contribution in [3.05, 3.63) is 71.5 Å². The van der Waals surface area contributed by atoms with Crippen molar-refractivity contribution in [1.82, 2.24) is 14.8 Å². The van der Waals surface area contributed by atoms with Gasteiger partial charge in [-0.05, 0) is 30.2 Å². The van der Waals surface area contributed by atoms with E-state index in [1.165, 1.54) is 22.9 Å². The van der Waals surface area contributed by atoms with Gasteiger partial charge >= 0.3 is 0 Å². The number of hydrogen-bond donors (Lipinski definition) is 0. The molecular weight excluding hydrogens is 304 g/mol. The first kappa shape index (κ1) is 15.3. The zero-order chi connectivity index (χ0) is 16.1. The molecule has 5 heteroatoms. The van der Waals surface area contributed by atoms with E-state index in [4.69, 9.17) is 5.26 Å². The second-order valence-corrected chi connectivity index (χ2v) is 6.12. The Balaban J connectivity index is 2.02. The summed E-state index contributed by atoms with van der Waals surface area (Å²) in [5, 5.41) is 18.2. The molecule has 23 heavy (non-hydrogen) atoms. The molecule has 4 nitrogen and oxygen atoms in total. The van der Waals surface area contributed by atoms with Crippen LogP contribution in [0.1, 0.15) is 17.0 Å². The van der Waals surface area contributed by atoms with Gasteiger partial charge in [-0.25, -0.2) is 0 Å². The van der Waals surface area contributed by atoms with Gasteiger partial charge in [-0.2, -0.15) is 5.26 Å². The van der Waals surface area contributed by atoms with Crippen molar-refractivity contribution in [2.75, 3.05) is 5.75 Å². The SMILES string of the molecule is Cc1cccc(-n2c(Cc3ccccc3)nnc2SCC#N)c1. The van der Waals surface area contributed by atoms with Crippen LogP contribution in [-0.4, -0.2) is 20.5 Å². The van der Waals surface area contributed by atoms with E-state index in [0.29, 0.717) is 12.2 Å². The van der Waals surface area contributed by atoms with E-state index in [2.05, 4.69) is 47.5 Å². The standard InChI is InChI=1S/C18H16N4S/c1-14-6-5-9-16(12-14)22-17(13-15-7-3-2-4-8-15)20-21-18(22)23-11-10-19/h2-9,12H,11,13H2,1H3. The van der Waals surface area contributed by atoms with Crippen LogP contribution in [0.25, 0.3) is 5.69 Å². The largest absolute Gasteiger partial charge is 0.274 e. The number of hydrogen-bond acceptors (Lipinski definition) is 4. The molecule has 0 aliphatic carbocycles. The monoisotopic (exact) mass is 320 g/mol. The molecule has 0 N–H and O–H groups in total. The highest BCUT2D eigenvalue weighted by molar-refractivity contribution is 7.99. The summed E-state index contributed by atoms with van der Waals surface area (Å²) in [6.07, 6.45) is 0.703. The van der Waals surface area contributed by atoms with E-state index >= 15 is 0 Å². The van der Waals surface area contributed by atoms with Gasteiger partial charge in [0.05, 0.1) is 11.8 Å². The lowest BCUT2D eigenvalue weighted by Crippen LogP contribution is -2.04. The van der Waals surface area contributed by atoms with Gasteiger partial charge in [0, 0.05) is 12.1 Å². The zero-order valence-electron chi connectivity index (χ0n) is 12.8. The van der Waals surface area contributed by atoms with Crippen LogP contribution < -0.4 is 0 Å². The Labute approximate surface area is 139 Å². The zero-order valence-corrected chi connectivity index (χ0v) is 13.6. The summed E-state index contributed by atoms with van der Waals surface area (Å²) >= 11 is 1.41. The minimum Gasteiger partial charge on any atom is -0.274 e. The quantitative estimate of drug-likeness (QED) is 0.671. The van der Waals surface area contributed by atoms with Gasteiger partial charge in [0.1, 0.15) is 5.82 Å². The Morgan fingerprint density at radius 3 is 2.65 bits per heavy atom. The molecular formula is C18H16N4S. The Kier molecular flexibility index (Phi) is 4.74. The van der Waals surface area contributed by atoms with Crippen molar-refractivity contribution in [2.45, 2.75) is 18.5 Å². The smallest absolute Gasteiger partial charge is 0.196 e. The number of nitrogens with zero attached hydrogens (tertiary/aromatic N) is 4. The maximum absolute atomic E-state index is 8.85. The molecule has 0 amide bonds. The molecule has 114 valence electrons. The average molecular weight is 320 g/mol. The molecule has 0 fully saturated rings. The summed E-state index contributed by atoms with van der Waals surface area (Å²) in [6.45, 7) is 2.06. The summed E-state index contributed by atoms with van der Waals surface area (Å²) in [5.74, 6) is 1.23. The summed E-state index contributed by atoms with van der Waals surface area (Å²) in [4.78, 5) is 0. The van der Waals surface area contributed by atoms with E-state index in [9.17, 15) is 0 Å². The van der Waals surface area contributed by atoms with Crippen LogP contribution in [0.15, 0.2) is 59.8 Å². The Morgan fingerprint density at radius 2 is 1.91 bits per heavy atom. The molecule has 0 bridgehead atoms. The molecule has 3 aromatic rings. The fraction of sp³-hybridized carbons (Fsp3) is 0.167. The van der Waals surface area contributed by atoms with Gasteiger partial charge in [-0.3, -0.25) is 4.57 Å². The molecule has 0 aliphatic heterocycles. The summed E-state index contributed by atoms with van der Waals surface area (Å²) < 4.78 is 2.04. The van der Waals surface area contributed by atoms with Crippen LogP contribution in [0.2, 0.25) is 0 Å². The highest BCUT2D eigenvalue weighted by Gasteiger charge is 2.14. The molecule has 1 aromatic heterocycles. The van der Waals surface area contributed by atoms with Crippen molar-refractivity contribution in [1.29, 1.82) is 5.26 Å². The van der Waals surface area contributed by atoms with Crippen LogP contribution in [0.5, 0.6) is 0 Å². The van der Waals surface area contributed by atoms with Gasteiger partial charge in [-0.1, -0.05) is 54.2 Å². The van der Waals surface area contributed by atoms with Gasteiger partial charge in [0.2, 0.25) is 0 Å². The van der Waals surface area contributed by atoms with Gasteiger partial charge in [0.15, 0.2) is 5.16 Å². The second-order valence-electron chi connectivity index (χ2n) is 5.18. The van der Waals surface area contributed by atoms with E-state index in [0.717, 1.165) is 16.7 Å². The molecule has 2 aromatic carbocycles. The second kappa shape index (κ2) is 7.12. The minimum absolute atomic E-state index is 0.356. The van der Waals surface area contributed by atoms with Gasteiger partial charge < -0.3 is 0 Å². The Morgan fingerprint density at radius 1 is 1.09 bits per heavy atom. The lowest BCUT2D eigenvalue weighted by molar-refractivity contribution is 0.848. The van der Waals surface area contributed by atoms with Crippen LogP contribution in [0, 0.1) is 18.3 Å². The molecule has 0 unspecified atom stereocenters. The normalized spacial score (nSPS) is 10.4. The lowest BCUT2D eigenvalue weighted by Gasteiger charge is -2.10. The van der Waals surface area contributed by atoms with E-state index < -0.39 is 0 Å². The fourth-order valence-electron chi connectivity index (χ4n) is 2.41. The van der Waals surface area contributed by atoms with E-state index in [-0.39, 0.29) is 0 Å². The average Bonchev–Trinajstić information content (AvgIpc) is 2.96. The Bertz CT molecular complexity index is 834. The van der Waals surface area contributed by atoms with Crippen LogP contribution in [0.3, 0.4) is 0 Å². The van der Waals surface area contributed by atoms with Crippen LogP contribution in [0.4, 0.5) is 0 Å². The topological polar surface area (TPSA) is 54.5 Å². The predicted molar refractivity (Wildman–Crippen MR) is 91.7 cm³/mol. The predicted octanol–water partition coefficient (Wildman–Crippen LogP) is 3.78. The van der Waals surface area contributed by atoms with Crippen molar-refractivity contribution < 1.29 is 0 Å². The minimum atomic E-state index is 0.356. The van der Waals surface area contributed by atoms with Crippen molar-refractivity contribution in [2.24, 2.45) is 0 Å². The first-order chi connectivity index (χ1) is 11.3. The van der Waals surface area contributed by atoms with Crippen LogP contribution >= 0.6 is 11.8 Å². The molecule has 0 radical (unpaired) electrons. The number of thioether (sulfide) groups is 1. The molecule has 0 saturated carbocycles. The summed E-state index contributed by atoms with van der Waals surface area (Å²) in [6, 6.07) is 20.6. The number of aromatic nitrogens is 3. The molecule has 0 spiro atoms. The summed E-state index contributed by atoms with van der Waals surface area (Å²) in [7, 11) is 0. The van der Waals surface area contributed by atoms with E-state index in [1.807, 2.05) is 34.9 Å². The van der Waals surface area contributed by atoms with Crippen molar-refractivity contribution in [3.63, 3.8) is 0 Å². The first-order valence-electron chi connectivity index (χ1n) is 7.33. The number of nitriles is 1. The number of rotatable bonds is 5. The first-order valence-corrected chi connectivity index (χ1v) is 8.31. The van der Waals surface area contributed by atoms with Gasteiger partial charge in [0.25, 0.3) is 0 Å². The third-order valence-electron chi connectivity index (χ3n) is 3.43. The van der Waals surface area contributed by atoms with Crippen LogP contribution in [-0.2, 0) is 6.42 Å². The number of aryl methyl sites for hydroxylation is 1. The third kappa shape index (κ3) is 3.61.